The first-order chi connectivity index (χ1) is 9.70. The maximum Gasteiger partial charge on any atom is 0.252 e. The number of aliphatic hydroxyl groups is 1. The lowest BCUT2D eigenvalue weighted by atomic mass is 10.1. The van der Waals surface area contributed by atoms with Crippen molar-refractivity contribution < 1.29 is 22.3 Å². The van der Waals surface area contributed by atoms with Crippen molar-refractivity contribution in [3.05, 3.63) is 29.3 Å². The minimum absolute atomic E-state index is 0.00835. The molecule has 3 N–H and O–H groups in total. The van der Waals surface area contributed by atoms with Crippen molar-refractivity contribution in [3.8, 4) is 0 Å². The molecule has 0 saturated carbocycles. The summed E-state index contributed by atoms with van der Waals surface area (Å²) in [7, 11) is -4.17. The monoisotopic (exact) mass is 338 g/mol. The average Bonchev–Trinajstić information content (AvgIpc) is 2.37. The summed E-state index contributed by atoms with van der Waals surface area (Å²) in [5.74, 6) is 0. The number of halogens is 2. The number of nitrogens with two attached hydrogens (primary N) is 1. The van der Waals surface area contributed by atoms with Crippen LogP contribution in [0.2, 0.25) is 0 Å². The summed E-state index contributed by atoms with van der Waals surface area (Å²) in [4.78, 5) is -0.143. The van der Waals surface area contributed by atoms with Crippen LogP contribution >= 0.6 is 12.2 Å². The second-order valence-corrected chi connectivity index (χ2v) is 6.67. The van der Waals surface area contributed by atoms with Crippen LogP contribution in [0.5, 0.6) is 0 Å². The Morgan fingerprint density at radius 1 is 1.48 bits per heavy atom. The minimum atomic E-state index is -4.17. The molecule has 0 saturated heterocycles. The first-order valence-corrected chi connectivity index (χ1v) is 7.84. The van der Waals surface area contributed by atoms with E-state index < -0.39 is 36.1 Å². The van der Waals surface area contributed by atoms with E-state index in [2.05, 4.69) is 0 Å². The summed E-state index contributed by atoms with van der Waals surface area (Å²) >= 11 is 4.78. The summed E-state index contributed by atoms with van der Waals surface area (Å²) < 4.78 is 50.5. The minimum Gasteiger partial charge on any atom is -0.395 e. The van der Waals surface area contributed by atoms with Gasteiger partial charge in [-0.3, -0.25) is 0 Å². The Labute approximate surface area is 127 Å². The van der Waals surface area contributed by atoms with Crippen LogP contribution in [0.25, 0.3) is 0 Å². The molecule has 0 atom stereocenters. The number of thiocarbonyl (C=S) groups is 1. The van der Waals surface area contributed by atoms with Gasteiger partial charge < -0.3 is 10.8 Å². The summed E-state index contributed by atoms with van der Waals surface area (Å²) in [6, 6.07) is 4.31. The molecule has 1 aromatic carbocycles. The fourth-order valence-electron chi connectivity index (χ4n) is 1.75. The van der Waals surface area contributed by atoms with E-state index in [1.54, 1.807) is 6.07 Å². The lowest BCUT2D eigenvalue weighted by Crippen LogP contribution is -2.37. The highest BCUT2D eigenvalue weighted by atomic mass is 32.2. The van der Waals surface area contributed by atoms with Crippen molar-refractivity contribution in [1.82, 2.24) is 4.31 Å². The van der Waals surface area contributed by atoms with Gasteiger partial charge in [-0.15, -0.1) is 0 Å². The van der Waals surface area contributed by atoms with E-state index in [1.807, 2.05) is 0 Å². The van der Waals surface area contributed by atoms with Gasteiger partial charge in [0.25, 0.3) is 6.43 Å². The fourth-order valence-corrected chi connectivity index (χ4v) is 3.53. The van der Waals surface area contributed by atoms with Crippen LogP contribution in [0.1, 0.15) is 11.1 Å². The number of sulfonamides is 1. The Hall–Kier alpha value is -1.16. The van der Waals surface area contributed by atoms with Gasteiger partial charge in [0, 0.05) is 12.1 Å². The maximum absolute atomic E-state index is 12.5. The van der Waals surface area contributed by atoms with E-state index in [4.69, 9.17) is 23.1 Å². The molecule has 0 bridgehead atoms. The summed E-state index contributed by atoms with van der Waals surface area (Å²) in [5.41, 5.74) is 6.17. The Kier molecular flexibility index (Phi) is 6.14. The number of aliphatic hydroxyl groups excluding tert-OH is 1. The van der Waals surface area contributed by atoms with Crippen molar-refractivity contribution in [2.75, 3.05) is 19.7 Å². The topological polar surface area (TPSA) is 83.6 Å². The third kappa shape index (κ3) is 4.40. The summed E-state index contributed by atoms with van der Waals surface area (Å²) in [5, 5.41) is 8.88. The SMILES string of the molecule is Cc1ccc(C(N)=S)cc1S(=O)(=O)N(CCO)CC(F)F. The second-order valence-electron chi connectivity index (χ2n) is 4.32. The van der Waals surface area contributed by atoms with Crippen LogP contribution in [0.4, 0.5) is 8.78 Å². The van der Waals surface area contributed by atoms with E-state index in [0.717, 1.165) is 0 Å². The molecule has 0 radical (unpaired) electrons. The van der Waals surface area contributed by atoms with Gasteiger partial charge in [0.2, 0.25) is 10.0 Å². The lowest BCUT2D eigenvalue weighted by Gasteiger charge is -2.22. The van der Waals surface area contributed by atoms with Crippen LogP contribution in [-0.2, 0) is 10.0 Å². The van der Waals surface area contributed by atoms with Gasteiger partial charge in [-0.25, -0.2) is 17.2 Å². The molecule has 0 heterocycles. The standard InChI is InChI=1S/C12H16F2N2O3S2/c1-8-2-3-9(12(15)20)6-10(8)21(18,19)16(4-5-17)7-11(13)14/h2-3,6,11,17H,4-5,7H2,1H3,(H2,15,20). The first kappa shape index (κ1) is 17.9. The van der Waals surface area contributed by atoms with Gasteiger partial charge >= 0.3 is 0 Å². The Morgan fingerprint density at radius 2 is 2.10 bits per heavy atom. The Bertz CT molecular complexity index is 621. The molecule has 0 aliphatic rings. The molecule has 21 heavy (non-hydrogen) atoms. The van der Waals surface area contributed by atoms with Crippen LogP contribution in [0.15, 0.2) is 23.1 Å². The molecule has 0 aromatic heterocycles. The molecule has 0 aliphatic heterocycles. The zero-order valence-corrected chi connectivity index (χ0v) is 12.9. The molecule has 0 unspecified atom stereocenters. The number of rotatable bonds is 7. The number of hydrogen-bond acceptors (Lipinski definition) is 4. The normalized spacial score (nSPS) is 12.1. The van der Waals surface area contributed by atoms with E-state index in [0.29, 0.717) is 15.4 Å². The molecule has 118 valence electrons. The van der Waals surface area contributed by atoms with Gasteiger partial charge in [0.1, 0.15) is 4.99 Å². The Balaban J connectivity index is 3.33. The molecule has 0 fully saturated rings. The highest BCUT2D eigenvalue weighted by molar-refractivity contribution is 7.89. The quantitative estimate of drug-likeness (QED) is 0.721. The van der Waals surface area contributed by atoms with E-state index in [9.17, 15) is 17.2 Å². The molecule has 5 nitrogen and oxygen atoms in total. The van der Waals surface area contributed by atoms with Crippen LogP contribution < -0.4 is 5.73 Å². The molecule has 0 amide bonds. The summed E-state index contributed by atoms with van der Waals surface area (Å²) in [6.45, 7) is -0.418. The third-order valence-corrected chi connectivity index (χ3v) is 5.02. The fraction of sp³-hybridized carbons (Fsp3) is 0.417. The van der Waals surface area contributed by atoms with Gasteiger partial charge in [0.05, 0.1) is 18.0 Å². The van der Waals surface area contributed by atoms with Gasteiger partial charge in [-0.2, -0.15) is 4.31 Å². The van der Waals surface area contributed by atoms with Crippen LogP contribution in [-0.4, -0.2) is 48.9 Å². The number of nitrogens with zero attached hydrogens (tertiary/aromatic N) is 1. The molecule has 0 aliphatic carbocycles. The van der Waals surface area contributed by atoms with E-state index >= 15 is 0 Å². The smallest absolute Gasteiger partial charge is 0.252 e. The number of alkyl halides is 2. The van der Waals surface area contributed by atoms with Crippen molar-refractivity contribution >= 4 is 27.2 Å². The van der Waals surface area contributed by atoms with E-state index in [1.165, 1.54) is 19.1 Å². The zero-order valence-electron chi connectivity index (χ0n) is 11.3. The van der Waals surface area contributed by atoms with Crippen LogP contribution in [0.3, 0.4) is 0 Å². The highest BCUT2D eigenvalue weighted by Gasteiger charge is 2.28. The molecule has 0 spiro atoms. The lowest BCUT2D eigenvalue weighted by molar-refractivity contribution is 0.113. The van der Waals surface area contributed by atoms with E-state index in [-0.39, 0.29) is 9.88 Å². The van der Waals surface area contributed by atoms with Gasteiger partial charge in [-0.05, 0) is 18.6 Å². The molecule has 1 rings (SSSR count). The first-order valence-electron chi connectivity index (χ1n) is 5.99. The van der Waals surface area contributed by atoms with Crippen molar-refractivity contribution in [2.24, 2.45) is 5.73 Å². The van der Waals surface area contributed by atoms with Gasteiger partial charge in [-0.1, -0.05) is 24.4 Å². The number of hydrogen-bond donors (Lipinski definition) is 2. The van der Waals surface area contributed by atoms with Crippen molar-refractivity contribution in [3.63, 3.8) is 0 Å². The number of aryl methyl sites for hydroxylation is 1. The number of benzene rings is 1. The zero-order chi connectivity index (χ0) is 16.2. The maximum atomic E-state index is 12.5. The third-order valence-electron chi connectivity index (χ3n) is 2.78. The molecule has 9 heteroatoms. The predicted molar refractivity (Wildman–Crippen MR) is 78.9 cm³/mol. The van der Waals surface area contributed by atoms with Gasteiger partial charge in [0.15, 0.2) is 0 Å². The van der Waals surface area contributed by atoms with Crippen molar-refractivity contribution in [2.45, 2.75) is 18.2 Å². The summed E-state index contributed by atoms with van der Waals surface area (Å²) in [6.07, 6.45) is -2.84. The van der Waals surface area contributed by atoms with Crippen LogP contribution in [0, 0.1) is 6.92 Å². The Morgan fingerprint density at radius 3 is 2.57 bits per heavy atom. The molecular formula is C12H16F2N2O3S2. The largest absolute Gasteiger partial charge is 0.395 e. The second kappa shape index (κ2) is 7.21. The predicted octanol–water partition coefficient (Wildman–Crippen LogP) is 0.877. The molecular weight excluding hydrogens is 322 g/mol. The molecule has 1 aromatic rings. The highest BCUT2D eigenvalue weighted by Crippen LogP contribution is 2.22. The average molecular weight is 338 g/mol. The van der Waals surface area contributed by atoms with Crippen molar-refractivity contribution in [1.29, 1.82) is 0 Å².